The lowest BCUT2D eigenvalue weighted by atomic mass is 10.0. The summed E-state index contributed by atoms with van der Waals surface area (Å²) in [5, 5.41) is 28.8. The number of aromatic hydroxyl groups is 1. The van der Waals surface area contributed by atoms with Gasteiger partial charge in [-0.1, -0.05) is 6.42 Å². The number of piperidine rings is 1. The summed E-state index contributed by atoms with van der Waals surface area (Å²) in [6.45, 7) is 3.82. The van der Waals surface area contributed by atoms with E-state index in [1.165, 1.54) is 12.5 Å². The van der Waals surface area contributed by atoms with Crippen LogP contribution < -0.4 is 5.43 Å². The second kappa shape index (κ2) is 7.76. The van der Waals surface area contributed by atoms with Crippen LogP contribution >= 0.6 is 0 Å². The average Bonchev–Trinajstić information content (AvgIpc) is 2.52. The zero-order valence-electron chi connectivity index (χ0n) is 13.2. The van der Waals surface area contributed by atoms with E-state index in [0.29, 0.717) is 36.9 Å². The van der Waals surface area contributed by atoms with E-state index in [0.717, 1.165) is 19.4 Å². The van der Waals surface area contributed by atoms with Crippen LogP contribution in [0.25, 0.3) is 0 Å². The fourth-order valence-corrected chi connectivity index (χ4v) is 3.12. The smallest absolute Gasteiger partial charge is 0.223 e. The van der Waals surface area contributed by atoms with Crippen LogP contribution in [0.15, 0.2) is 10.9 Å². The van der Waals surface area contributed by atoms with Gasteiger partial charge in [0.1, 0.15) is 0 Å². The van der Waals surface area contributed by atoms with Crippen LogP contribution in [-0.4, -0.2) is 44.0 Å². The molecule has 1 aliphatic rings. The predicted molar refractivity (Wildman–Crippen MR) is 83.7 cm³/mol. The highest BCUT2D eigenvalue weighted by atomic mass is 16.3. The summed E-state index contributed by atoms with van der Waals surface area (Å²) in [5.41, 5.74) is 0.568. The molecule has 1 aromatic heterocycles. The van der Waals surface area contributed by atoms with Gasteiger partial charge in [0, 0.05) is 37.5 Å². The Kier molecular flexibility index (Phi) is 5.99. The Morgan fingerprint density at radius 3 is 2.73 bits per heavy atom. The maximum Gasteiger partial charge on any atom is 0.223 e. The topological polar surface area (TPSA) is 85.9 Å². The Morgan fingerprint density at radius 2 is 2.09 bits per heavy atom. The number of hydrogen-bond acceptors (Lipinski definition) is 5. The number of rotatable bonds is 6. The highest BCUT2D eigenvalue weighted by Crippen LogP contribution is 2.23. The zero-order valence-corrected chi connectivity index (χ0v) is 13.2. The van der Waals surface area contributed by atoms with Gasteiger partial charge in [-0.2, -0.15) is 0 Å². The van der Waals surface area contributed by atoms with Gasteiger partial charge in [0.2, 0.25) is 5.43 Å². The van der Waals surface area contributed by atoms with Gasteiger partial charge in [-0.05, 0) is 32.7 Å². The quantitative estimate of drug-likeness (QED) is 0.724. The maximum absolute atomic E-state index is 11.9. The van der Waals surface area contributed by atoms with E-state index in [4.69, 9.17) is 5.11 Å². The van der Waals surface area contributed by atoms with E-state index in [-0.39, 0.29) is 19.0 Å². The Hall–Kier alpha value is -1.37. The van der Waals surface area contributed by atoms with E-state index in [2.05, 4.69) is 11.8 Å². The number of aliphatic hydroxyl groups excluding tert-OH is 2. The first-order valence-corrected chi connectivity index (χ1v) is 7.98. The first kappa shape index (κ1) is 17.0. The molecule has 0 saturated carbocycles. The molecule has 0 spiro atoms. The standard InChI is InChI=1S/C16H26N2O4/c1-12-5-2-3-6-17(12)10-14-16(22)15(21)9-13(11-20)18(14)7-4-8-19/h9,12,19-20,22H,2-8,10-11H2,1H3. The number of pyridine rings is 1. The summed E-state index contributed by atoms with van der Waals surface area (Å²) in [5.74, 6) is -0.243. The molecule has 0 amide bonds. The number of hydrogen-bond donors (Lipinski definition) is 3. The third kappa shape index (κ3) is 3.69. The van der Waals surface area contributed by atoms with E-state index in [9.17, 15) is 15.0 Å². The van der Waals surface area contributed by atoms with Crippen molar-refractivity contribution in [3.8, 4) is 5.75 Å². The van der Waals surface area contributed by atoms with Crippen LogP contribution in [0, 0.1) is 0 Å². The van der Waals surface area contributed by atoms with Crippen molar-refractivity contribution >= 4 is 0 Å². The largest absolute Gasteiger partial charge is 0.503 e. The minimum Gasteiger partial charge on any atom is -0.503 e. The molecular formula is C16H26N2O4. The van der Waals surface area contributed by atoms with E-state index in [1.54, 1.807) is 4.57 Å². The molecular weight excluding hydrogens is 284 g/mol. The first-order valence-electron chi connectivity index (χ1n) is 7.98. The minimum absolute atomic E-state index is 0.0251. The summed E-state index contributed by atoms with van der Waals surface area (Å²) in [4.78, 5) is 14.2. The van der Waals surface area contributed by atoms with Crippen molar-refractivity contribution in [1.29, 1.82) is 0 Å². The van der Waals surface area contributed by atoms with E-state index >= 15 is 0 Å². The summed E-state index contributed by atoms with van der Waals surface area (Å²) >= 11 is 0. The average molecular weight is 310 g/mol. The van der Waals surface area contributed by atoms with Crippen molar-refractivity contribution in [2.24, 2.45) is 0 Å². The van der Waals surface area contributed by atoms with Gasteiger partial charge in [-0.25, -0.2) is 0 Å². The van der Waals surface area contributed by atoms with Gasteiger partial charge in [0.05, 0.1) is 12.3 Å². The second-order valence-electron chi connectivity index (χ2n) is 6.00. The Labute approximate surface area is 130 Å². The minimum atomic E-state index is -0.455. The summed E-state index contributed by atoms with van der Waals surface area (Å²) in [6.07, 6.45) is 3.95. The molecule has 3 N–H and O–H groups in total. The molecule has 1 unspecified atom stereocenters. The van der Waals surface area contributed by atoms with Crippen molar-refractivity contribution in [3.63, 3.8) is 0 Å². The molecule has 0 aromatic carbocycles. The Balaban J connectivity index is 2.37. The lowest BCUT2D eigenvalue weighted by Crippen LogP contribution is -2.38. The monoisotopic (exact) mass is 310 g/mol. The van der Waals surface area contributed by atoms with Crippen molar-refractivity contribution in [2.45, 2.75) is 58.3 Å². The van der Waals surface area contributed by atoms with Crippen LogP contribution in [0.2, 0.25) is 0 Å². The van der Waals surface area contributed by atoms with Crippen LogP contribution in [0.3, 0.4) is 0 Å². The molecule has 0 radical (unpaired) electrons. The molecule has 6 nitrogen and oxygen atoms in total. The molecule has 1 saturated heterocycles. The van der Waals surface area contributed by atoms with Crippen LogP contribution in [-0.2, 0) is 19.7 Å². The van der Waals surface area contributed by atoms with Crippen molar-refractivity contribution < 1.29 is 15.3 Å². The van der Waals surface area contributed by atoms with Crippen molar-refractivity contribution in [1.82, 2.24) is 9.47 Å². The summed E-state index contributed by atoms with van der Waals surface area (Å²) in [7, 11) is 0. The van der Waals surface area contributed by atoms with Crippen molar-refractivity contribution in [2.75, 3.05) is 13.2 Å². The summed E-state index contributed by atoms with van der Waals surface area (Å²) < 4.78 is 1.77. The third-order valence-electron chi connectivity index (χ3n) is 4.47. The predicted octanol–water partition coefficient (Wildman–Crippen LogP) is 0.803. The molecule has 0 aliphatic carbocycles. The summed E-state index contributed by atoms with van der Waals surface area (Å²) in [6, 6.07) is 1.68. The van der Waals surface area contributed by atoms with Gasteiger partial charge in [-0.3, -0.25) is 9.69 Å². The molecule has 2 heterocycles. The van der Waals surface area contributed by atoms with Gasteiger partial charge in [0.15, 0.2) is 5.75 Å². The number of aromatic nitrogens is 1. The number of aliphatic hydroxyl groups is 2. The normalized spacial score (nSPS) is 19.5. The molecule has 6 heteroatoms. The Morgan fingerprint density at radius 1 is 1.32 bits per heavy atom. The van der Waals surface area contributed by atoms with E-state index in [1.807, 2.05) is 0 Å². The van der Waals surface area contributed by atoms with Gasteiger partial charge >= 0.3 is 0 Å². The second-order valence-corrected chi connectivity index (χ2v) is 6.00. The Bertz CT molecular complexity index is 556. The molecule has 1 fully saturated rings. The third-order valence-corrected chi connectivity index (χ3v) is 4.47. The first-order chi connectivity index (χ1) is 10.6. The van der Waals surface area contributed by atoms with E-state index < -0.39 is 5.43 Å². The SMILES string of the molecule is CC1CCCCN1Cc1c(O)c(=O)cc(CO)n1CCCO. The molecule has 1 atom stereocenters. The van der Waals surface area contributed by atoms with Crippen LogP contribution in [0.4, 0.5) is 0 Å². The molecule has 22 heavy (non-hydrogen) atoms. The molecule has 1 aromatic rings. The van der Waals surface area contributed by atoms with Crippen LogP contribution in [0.5, 0.6) is 5.75 Å². The fraction of sp³-hybridized carbons (Fsp3) is 0.688. The lowest BCUT2D eigenvalue weighted by Gasteiger charge is -2.34. The highest BCUT2D eigenvalue weighted by Gasteiger charge is 2.22. The molecule has 2 rings (SSSR count). The highest BCUT2D eigenvalue weighted by molar-refractivity contribution is 5.30. The lowest BCUT2D eigenvalue weighted by molar-refractivity contribution is 0.145. The maximum atomic E-state index is 11.9. The zero-order chi connectivity index (χ0) is 16.1. The molecule has 0 bridgehead atoms. The van der Waals surface area contributed by atoms with Crippen LogP contribution in [0.1, 0.15) is 44.0 Å². The van der Waals surface area contributed by atoms with Gasteiger partial charge in [0.25, 0.3) is 0 Å². The number of nitrogens with zero attached hydrogens (tertiary/aromatic N) is 2. The fourth-order valence-electron chi connectivity index (χ4n) is 3.12. The van der Waals surface area contributed by atoms with Gasteiger partial charge < -0.3 is 19.9 Å². The molecule has 124 valence electrons. The number of likely N-dealkylation sites (tertiary alicyclic amines) is 1. The van der Waals surface area contributed by atoms with Gasteiger partial charge in [-0.15, -0.1) is 0 Å². The van der Waals surface area contributed by atoms with Crippen molar-refractivity contribution in [3.05, 3.63) is 27.7 Å². The molecule has 1 aliphatic heterocycles.